The Balaban J connectivity index is 2.33. The molecule has 1 heterocycles. The van der Waals surface area contributed by atoms with E-state index in [0.717, 1.165) is 0 Å². The second-order valence-electron chi connectivity index (χ2n) is 3.28. The number of hydrogen-bond donors (Lipinski definition) is 0. The Morgan fingerprint density at radius 2 is 2.25 bits per heavy atom. The first-order valence-electron chi connectivity index (χ1n) is 3.28. The third-order valence-electron chi connectivity index (χ3n) is 1.85. The highest BCUT2D eigenvalue weighted by Gasteiger charge is 2.22. The van der Waals surface area contributed by atoms with Gasteiger partial charge in [-0.2, -0.15) is 0 Å². The molecule has 1 aliphatic heterocycles. The van der Waals surface area contributed by atoms with Gasteiger partial charge in [-0.25, -0.2) is 11.6 Å². The van der Waals surface area contributed by atoms with Gasteiger partial charge in [0.15, 0.2) is 6.45 Å². The van der Waals surface area contributed by atoms with Crippen LogP contribution < -0.4 is 0 Å². The van der Waals surface area contributed by atoms with Gasteiger partial charge < -0.3 is 0 Å². The summed E-state index contributed by atoms with van der Waals surface area (Å²) in [5.41, 5.74) is 0. The molecule has 44 valence electrons. The van der Waals surface area contributed by atoms with Crippen molar-refractivity contribution >= 4 is 25.2 Å². The standard InChI is InChI=1S/C5H12B2S/c1-5(2)3-4-8-7-6-5/h6-7H,3-4H2,1-2H3. The van der Waals surface area contributed by atoms with Gasteiger partial charge in [-0.05, 0) is 12.2 Å². The van der Waals surface area contributed by atoms with Crippen LogP contribution in [0.4, 0.5) is 0 Å². The quantitative estimate of drug-likeness (QED) is 0.436. The summed E-state index contributed by atoms with van der Waals surface area (Å²) in [6.07, 6.45) is 2.80. The fourth-order valence-electron chi connectivity index (χ4n) is 0.924. The van der Waals surface area contributed by atoms with E-state index < -0.39 is 0 Å². The zero-order chi connectivity index (χ0) is 6.04. The van der Waals surface area contributed by atoms with Crippen molar-refractivity contribution in [1.29, 1.82) is 0 Å². The van der Waals surface area contributed by atoms with Crippen LogP contribution in [0, 0.1) is 0 Å². The molecule has 0 aromatic heterocycles. The van der Waals surface area contributed by atoms with Gasteiger partial charge in [-0.15, -0.1) is 0 Å². The predicted molar refractivity (Wildman–Crippen MR) is 45.4 cm³/mol. The van der Waals surface area contributed by atoms with Gasteiger partial charge >= 0.3 is 0 Å². The van der Waals surface area contributed by atoms with E-state index in [1.165, 1.54) is 25.8 Å². The van der Waals surface area contributed by atoms with Crippen LogP contribution in [0.15, 0.2) is 0 Å². The molecule has 0 unspecified atom stereocenters. The second-order valence-corrected chi connectivity index (χ2v) is 4.50. The summed E-state index contributed by atoms with van der Waals surface area (Å²) in [6, 6.07) is 0. The largest absolute Gasteiger partial charge is 0.224 e. The molecule has 1 aliphatic rings. The Labute approximate surface area is 57.2 Å². The van der Waals surface area contributed by atoms with Crippen molar-refractivity contribution in [1.82, 2.24) is 0 Å². The van der Waals surface area contributed by atoms with Gasteiger partial charge in [0.05, 0.1) is 0 Å². The minimum atomic E-state index is 0.658. The van der Waals surface area contributed by atoms with E-state index in [9.17, 15) is 0 Å². The van der Waals surface area contributed by atoms with Crippen molar-refractivity contribution in [3.8, 4) is 0 Å². The van der Waals surface area contributed by atoms with Crippen LogP contribution in [0.5, 0.6) is 0 Å². The van der Waals surface area contributed by atoms with Crippen molar-refractivity contribution in [2.75, 3.05) is 5.75 Å². The van der Waals surface area contributed by atoms with E-state index in [2.05, 4.69) is 25.5 Å². The molecule has 0 spiro atoms. The van der Waals surface area contributed by atoms with E-state index in [0.29, 0.717) is 5.31 Å². The van der Waals surface area contributed by atoms with Crippen LogP contribution in [0.25, 0.3) is 0 Å². The lowest BCUT2D eigenvalue weighted by molar-refractivity contribution is 0.655. The Morgan fingerprint density at radius 3 is 2.50 bits per heavy atom. The van der Waals surface area contributed by atoms with Gasteiger partial charge in [0.25, 0.3) is 0 Å². The topological polar surface area (TPSA) is 0 Å². The first-order chi connectivity index (χ1) is 3.71. The van der Waals surface area contributed by atoms with Gasteiger partial charge in [0.2, 0.25) is 0 Å². The molecule has 0 N–H and O–H groups in total. The predicted octanol–water partition coefficient (Wildman–Crippen LogP) is 1.02. The molecule has 0 saturated carbocycles. The Hall–Kier alpha value is 0.480. The third kappa shape index (κ3) is 1.77. The smallest absolute Gasteiger partial charge is 0.156 e. The molecule has 0 atom stereocenters. The summed E-state index contributed by atoms with van der Waals surface area (Å²) < 4.78 is 0. The van der Waals surface area contributed by atoms with Crippen molar-refractivity contribution < 1.29 is 0 Å². The summed E-state index contributed by atoms with van der Waals surface area (Å²) in [5, 5.41) is 0.658. The number of hydrogen-bond acceptors (Lipinski definition) is 1. The lowest BCUT2D eigenvalue weighted by Crippen LogP contribution is -2.23. The van der Waals surface area contributed by atoms with Crippen LogP contribution in [0.3, 0.4) is 0 Å². The van der Waals surface area contributed by atoms with Crippen LogP contribution in [0.1, 0.15) is 20.3 Å². The summed E-state index contributed by atoms with van der Waals surface area (Å²) >= 11 is 2.10. The van der Waals surface area contributed by atoms with E-state index in [1.807, 2.05) is 0 Å². The van der Waals surface area contributed by atoms with Gasteiger partial charge in [0.1, 0.15) is 7.17 Å². The highest BCUT2D eigenvalue weighted by atomic mass is 32.2. The maximum absolute atomic E-state index is 2.37. The van der Waals surface area contributed by atoms with E-state index in [4.69, 9.17) is 0 Å². The molecule has 1 saturated heterocycles. The van der Waals surface area contributed by atoms with Crippen LogP contribution >= 0.6 is 11.6 Å². The minimum Gasteiger partial charge on any atom is -0.224 e. The van der Waals surface area contributed by atoms with Crippen LogP contribution in [0.2, 0.25) is 5.31 Å². The molecule has 3 heteroatoms. The molecule has 8 heavy (non-hydrogen) atoms. The second kappa shape index (κ2) is 2.38. The Morgan fingerprint density at radius 1 is 1.50 bits per heavy atom. The Kier molecular flexibility index (Phi) is 1.97. The Bertz CT molecular complexity index is 74.5. The molecule has 0 amide bonds. The van der Waals surface area contributed by atoms with E-state index in [1.54, 1.807) is 0 Å². The van der Waals surface area contributed by atoms with Gasteiger partial charge in [-0.1, -0.05) is 19.2 Å². The molecule has 0 bridgehead atoms. The summed E-state index contributed by atoms with van der Waals surface area (Å²) in [6.45, 7) is 4.74. The van der Waals surface area contributed by atoms with Crippen molar-refractivity contribution in [2.45, 2.75) is 25.6 Å². The maximum Gasteiger partial charge on any atom is 0.156 e. The monoisotopic (exact) mass is 126 g/mol. The zero-order valence-corrected chi connectivity index (χ0v) is 6.55. The molecule has 1 rings (SSSR count). The van der Waals surface area contributed by atoms with Crippen molar-refractivity contribution in [3.63, 3.8) is 0 Å². The maximum atomic E-state index is 2.37. The van der Waals surface area contributed by atoms with Gasteiger partial charge in [0, 0.05) is 0 Å². The summed E-state index contributed by atoms with van der Waals surface area (Å²) in [7, 11) is 1.41. The molecule has 0 radical (unpaired) electrons. The number of rotatable bonds is 0. The van der Waals surface area contributed by atoms with E-state index in [-0.39, 0.29) is 0 Å². The average Bonchev–Trinajstić information content (AvgIpc) is 1.65. The molecule has 1 fully saturated rings. The molecule has 0 aromatic carbocycles. The lowest BCUT2D eigenvalue weighted by atomic mass is 9.38. The molecular formula is C5H12B2S. The van der Waals surface area contributed by atoms with E-state index >= 15 is 0 Å². The van der Waals surface area contributed by atoms with Crippen LogP contribution in [-0.4, -0.2) is 19.4 Å². The molecule has 0 aromatic rings. The van der Waals surface area contributed by atoms with Crippen LogP contribution in [-0.2, 0) is 0 Å². The summed E-state index contributed by atoms with van der Waals surface area (Å²) in [4.78, 5) is 0. The lowest BCUT2D eigenvalue weighted by Gasteiger charge is -2.26. The molecular weight excluding hydrogens is 114 g/mol. The molecule has 0 aliphatic carbocycles. The minimum absolute atomic E-state index is 0.658. The fraction of sp³-hybridized carbons (Fsp3) is 1.00. The first-order valence-corrected chi connectivity index (χ1v) is 4.44. The SMILES string of the molecule is CC1(C)BBSCC1. The normalized spacial score (nSPS) is 25.8. The molecule has 0 nitrogen and oxygen atoms in total. The zero-order valence-electron chi connectivity index (χ0n) is 5.74. The van der Waals surface area contributed by atoms with Crippen molar-refractivity contribution in [2.24, 2.45) is 0 Å². The summed E-state index contributed by atoms with van der Waals surface area (Å²) in [5.74, 6) is 1.38. The fourth-order valence-corrected chi connectivity index (χ4v) is 2.52. The average molecular weight is 126 g/mol. The van der Waals surface area contributed by atoms with Crippen molar-refractivity contribution in [3.05, 3.63) is 0 Å². The van der Waals surface area contributed by atoms with Gasteiger partial charge in [-0.3, -0.25) is 0 Å². The highest BCUT2D eigenvalue weighted by molar-refractivity contribution is 8.26. The highest BCUT2D eigenvalue weighted by Crippen LogP contribution is 2.32. The third-order valence-corrected chi connectivity index (χ3v) is 2.83. The first kappa shape index (κ1) is 6.60.